The Kier molecular flexibility index (Phi) is 3.00. The molecule has 2 aromatic carbocycles. The highest BCUT2D eigenvalue weighted by Crippen LogP contribution is 2.38. The molecule has 0 saturated heterocycles. The number of nitrogens with one attached hydrogen (secondary N) is 1. The van der Waals surface area contributed by atoms with Crippen molar-refractivity contribution in [3.63, 3.8) is 0 Å². The third kappa shape index (κ3) is 2.10. The SMILES string of the molecule is Oc1cccc2c1CCC2Nc1ccc(Br)cc1. The molecule has 2 aromatic rings. The zero-order valence-corrected chi connectivity index (χ0v) is 11.4. The van der Waals surface area contributed by atoms with Crippen LogP contribution in [0.2, 0.25) is 0 Å². The Balaban J connectivity index is 1.85. The molecule has 0 radical (unpaired) electrons. The molecule has 0 fully saturated rings. The normalized spacial score (nSPS) is 17.5. The minimum atomic E-state index is 0.299. The maximum absolute atomic E-state index is 9.82. The number of anilines is 1. The molecule has 0 saturated carbocycles. The second-order valence-corrected chi connectivity index (χ2v) is 5.50. The summed E-state index contributed by atoms with van der Waals surface area (Å²) in [4.78, 5) is 0. The van der Waals surface area contributed by atoms with E-state index in [4.69, 9.17) is 0 Å². The lowest BCUT2D eigenvalue weighted by molar-refractivity contribution is 0.469. The fourth-order valence-electron chi connectivity index (χ4n) is 2.53. The first-order chi connectivity index (χ1) is 8.74. The van der Waals surface area contributed by atoms with Crippen LogP contribution in [0.1, 0.15) is 23.6 Å². The van der Waals surface area contributed by atoms with Gasteiger partial charge in [-0.1, -0.05) is 28.1 Å². The molecule has 1 aliphatic carbocycles. The predicted octanol–water partition coefficient (Wildman–Crippen LogP) is 4.25. The van der Waals surface area contributed by atoms with Gasteiger partial charge in [0, 0.05) is 10.2 Å². The molecule has 18 heavy (non-hydrogen) atoms. The third-order valence-corrected chi connectivity index (χ3v) is 3.96. The number of hydrogen-bond donors (Lipinski definition) is 2. The first-order valence-corrected chi connectivity index (χ1v) is 6.86. The number of hydrogen-bond acceptors (Lipinski definition) is 2. The Labute approximate surface area is 115 Å². The smallest absolute Gasteiger partial charge is 0.119 e. The van der Waals surface area contributed by atoms with Crippen molar-refractivity contribution in [2.45, 2.75) is 18.9 Å². The van der Waals surface area contributed by atoms with Crippen molar-refractivity contribution in [2.24, 2.45) is 0 Å². The zero-order chi connectivity index (χ0) is 12.5. The molecule has 2 N–H and O–H groups in total. The summed E-state index contributed by atoms with van der Waals surface area (Å²) in [6.07, 6.45) is 1.97. The number of halogens is 1. The van der Waals surface area contributed by atoms with Crippen molar-refractivity contribution >= 4 is 21.6 Å². The van der Waals surface area contributed by atoms with Crippen LogP contribution in [0.15, 0.2) is 46.9 Å². The number of phenolic OH excluding ortho intramolecular Hbond substituents is 1. The Morgan fingerprint density at radius 2 is 1.89 bits per heavy atom. The predicted molar refractivity (Wildman–Crippen MR) is 76.9 cm³/mol. The van der Waals surface area contributed by atoms with Crippen LogP contribution in [0.25, 0.3) is 0 Å². The molecule has 1 aliphatic rings. The van der Waals surface area contributed by atoms with Crippen LogP contribution in [-0.2, 0) is 6.42 Å². The van der Waals surface area contributed by atoms with E-state index in [1.54, 1.807) is 6.07 Å². The minimum Gasteiger partial charge on any atom is -0.508 e. The van der Waals surface area contributed by atoms with Gasteiger partial charge in [-0.25, -0.2) is 0 Å². The average Bonchev–Trinajstić information content (AvgIpc) is 2.77. The van der Waals surface area contributed by atoms with Gasteiger partial charge < -0.3 is 10.4 Å². The molecule has 1 atom stereocenters. The van der Waals surface area contributed by atoms with E-state index >= 15 is 0 Å². The highest BCUT2D eigenvalue weighted by Gasteiger charge is 2.24. The van der Waals surface area contributed by atoms with Crippen molar-refractivity contribution in [3.8, 4) is 5.75 Å². The molecule has 0 spiro atoms. The Morgan fingerprint density at radius 3 is 2.67 bits per heavy atom. The first kappa shape index (κ1) is 11.6. The summed E-state index contributed by atoms with van der Waals surface area (Å²) in [7, 11) is 0. The largest absolute Gasteiger partial charge is 0.508 e. The molecular weight excluding hydrogens is 290 g/mol. The van der Waals surface area contributed by atoms with Crippen LogP contribution in [0.3, 0.4) is 0 Å². The van der Waals surface area contributed by atoms with Gasteiger partial charge in [0.15, 0.2) is 0 Å². The van der Waals surface area contributed by atoms with E-state index in [2.05, 4.69) is 39.4 Å². The quantitative estimate of drug-likeness (QED) is 0.869. The molecule has 0 bridgehead atoms. The maximum Gasteiger partial charge on any atom is 0.119 e. The number of phenols is 1. The van der Waals surface area contributed by atoms with Gasteiger partial charge in [-0.05, 0) is 54.3 Å². The maximum atomic E-state index is 9.82. The summed E-state index contributed by atoms with van der Waals surface area (Å²) in [6, 6.07) is 14.2. The summed E-state index contributed by atoms with van der Waals surface area (Å²) in [6.45, 7) is 0. The second kappa shape index (κ2) is 4.65. The van der Waals surface area contributed by atoms with Gasteiger partial charge in [-0.15, -0.1) is 0 Å². The molecule has 1 unspecified atom stereocenters. The number of rotatable bonds is 2. The van der Waals surface area contributed by atoms with E-state index in [9.17, 15) is 5.11 Å². The van der Waals surface area contributed by atoms with E-state index in [0.717, 1.165) is 28.6 Å². The summed E-state index contributed by atoms with van der Waals surface area (Å²) < 4.78 is 1.08. The van der Waals surface area contributed by atoms with Crippen molar-refractivity contribution in [2.75, 3.05) is 5.32 Å². The van der Waals surface area contributed by atoms with Gasteiger partial charge in [0.25, 0.3) is 0 Å². The summed E-state index contributed by atoms with van der Waals surface area (Å²) >= 11 is 3.43. The molecule has 2 nitrogen and oxygen atoms in total. The van der Waals surface area contributed by atoms with Crippen LogP contribution in [0.4, 0.5) is 5.69 Å². The lowest BCUT2D eigenvalue weighted by atomic mass is 10.1. The average molecular weight is 304 g/mol. The highest BCUT2D eigenvalue weighted by atomic mass is 79.9. The fraction of sp³-hybridized carbons (Fsp3) is 0.200. The molecule has 0 aromatic heterocycles. The van der Waals surface area contributed by atoms with Gasteiger partial charge >= 0.3 is 0 Å². The minimum absolute atomic E-state index is 0.299. The van der Waals surface area contributed by atoms with Crippen LogP contribution < -0.4 is 5.32 Å². The number of fused-ring (bicyclic) bond motifs is 1. The van der Waals surface area contributed by atoms with Crippen LogP contribution in [0.5, 0.6) is 5.75 Å². The van der Waals surface area contributed by atoms with Gasteiger partial charge in [0.2, 0.25) is 0 Å². The molecule has 0 aliphatic heterocycles. The molecule has 92 valence electrons. The van der Waals surface area contributed by atoms with Gasteiger partial charge in [-0.3, -0.25) is 0 Å². The van der Waals surface area contributed by atoms with Crippen LogP contribution in [-0.4, -0.2) is 5.11 Å². The second-order valence-electron chi connectivity index (χ2n) is 4.59. The number of aromatic hydroxyl groups is 1. The Bertz CT molecular complexity index is 565. The van der Waals surface area contributed by atoms with Crippen LogP contribution >= 0.6 is 15.9 Å². The standard InChI is InChI=1S/C15H14BrNO/c16-10-4-6-11(7-5-10)17-14-9-8-13-12(14)2-1-3-15(13)18/h1-7,14,17-18H,8-9H2. The summed E-state index contributed by atoms with van der Waals surface area (Å²) in [5, 5.41) is 13.3. The summed E-state index contributed by atoms with van der Waals surface area (Å²) in [5.74, 6) is 0.424. The van der Waals surface area contributed by atoms with E-state index in [1.807, 2.05) is 18.2 Å². The number of benzene rings is 2. The van der Waals surface area contributed by atoms with Gasteiger partial charge in [0.05, 0.1) is 6.04 Å². The Hall–Kier alpha value is -1.48. The Morgan fingerprint density at radius 1 is 1.11 bits per heavy atom. The van der Waals surface area contributed by atoms with E-state index < -0.39 is 0 Å². The van der Waals surface area contributed by atoms with E-state index in [1.165, 1.54) is 5.56 Å². The highest BCUT2D eigenvalue weighted by molar-refractivity contribution is 9.10. The van der Waals surface area contributed by atoms with Crippen molar-refractivity contribution < 1.29 is 5.11 Å². The lowest BCUT2D eigenvalue weighted by Gasteiger charge is -2.15. The fourth-order valence-corrected chi connectivity index (χ4v) is 2.80. The van der Waals surface area contributed by atoms with Gasteiger partial charge in [0.1, 0.15) is 5.75 Å². The third-order valence-electron chi connectivity index (χ3n) is 3.43. The molecule has 3 rings (SSSR count). The first-order valence-electron chi connectivity index (χ1n) is 6.07. The van der Waals surface area contributed by atoms with E-state index in [-0.39, 0.29) is 0 Å². The molecule has 0 amide bonds. The van der Waals surface area contributed by atoms with Crippen molar-refractivity contribution in [1.29, 1.82) is 0 Å². The summed E-state index contributed by atoms with van der Waals surface area (Å²) in [5.41, 5.74) is 3.42. The van der Waals surface area contributed by atoms with Gasteiger partial charge in [-0.2, -0.15) is 0 Å². The molecule has 3 heteroatoms. The van der Waals surface area contributed by atoms with E-state index in [0.29, 0.717) is 11.8 Å². The van der Waals surface area contributed by atoms with Crippen molar-refractivity contribution in [3.05, 3.63) is 58.1 Å². The monoisotopic (exact) mass is 303 g/mol. The topological polar surface area (TPSA) is 32.3 Å². The molecule has 0 heterocycles. The molecular formula is C15H14BrNO. The lowest BCUT2D eigenvalue weighted by Crippen LogP contribution is -2.06. The van der Waals surface area contributed by atoms with Crippen LogP contribution in [0, 0.1) is 0 Å². The van der Waals surface area contributed by atoms with Crippen molar-refractivity contribution in [1.82, 2.24) is 0 Å². The zero-order valence-electron chi connectivity index (χ0n) is 9.86.